The molecule has 2 rings (SSSR count). The van der Waals surface area contributed by atoms with Crippen molar-refractivity contribution in [3.63, 3.8) is 0 Å². The van der Waals surface area contributed by atoms with E-state index in [1.807, 2.05) is 0 Å². The summed E-state index contributed by atoms with van der Waals surface area (Å²) >= 11 is 6.80. The fraction of sp³-hybridized carbons (Fsp3) is 0.647. The third kappa shape index (κ3) is 2.91. The molecule has 0 heterocycles. The van der Waals surface area contributed by atoms with E-state index in [0.29, 0.717) is 5.92 Å². The highest BCUT2D eigenvalue weighted by Crippen LogP contribution is 2.42. The zero-order chi connectivity index (χ0) is 13.3. The van der Waals surface area contributed by atoms with Crippen molar-refractivity contribution in [2.24, 2.45) is 11.8 Å². The molecule has 0 amide bonds. The minimum atomic E-state index is 0.207. The van der Waals surface area contributed by atoms with E-state index in [1.54, 1.807) is 0 Å². The number of rotatable bonds is 2. The molecule has 0 nitrogen and oxygen atoms in total. The van der Waals surface area contributed by atoms with Gasteiger partial charge in [-0.15, -0.1) is 11.6 Å². The van der Waals surface area contributed by atoms with E-state index in [9.17, 15) is 0 Å². The zero-order valence-electron chi connectivity index (χ0n) is 12.1. The van der Waals surface area contributed by atoms with Crippen molar-refractivity contribution in [2.45, 2.75) is 58.8 Å². The Balaban J connectivity index is 2.21. The molecule has 1 atom stereocenters. The molecule has 0 N–H and O–H groups in total. The molecule has 0 aromatic heterocycles. The van der Waals surface area contributed by atoms with Gasteiger partial charge in [0.05, 0.1) is 5.38 Å². The van der Waals surface area contributed by atoms with Crippen LogP contribution in [0.5, 0.6) is 0 Å². The first kappa shape index (κ1) is 13.9. The van der Waals surface area contributed by atoms with Gasteiger partial charge in [-0.2, -0.15) is 0 Å². The summed E-state index contributed by atoms with van der Waals surface area (Å²) in [6, 6.07) is 4.53. The lowest BCUT2D eigenvalue weighted by atomic mass is 9.78. The van der Waals surface area contributed by atoms with Crippen LogP contribution in [0.25, 0.3) is 0 Å². The summed E-state index contributed by atoms with van der Waals surface area (Å²) in [5.74, 6) is 1.56. The Morgan fingerprint density at radius 3 is 2.00 bits per heavy atom. The number of alkyl halides is 1. The van der Waals surface area contributed by atoms with Crippen molar-refractivity contribution in [3.8, 4) is 0 Å². The highest BCUT2D eigenvalue weighted by molar-refractivity contribution is 6.21. The third-order valence-corrected chi connectivity index (χ3v) is 5.06. The minimum absolute atomic E-state index is 0.207. The van der Waals surface area contributed by atoms with Crippen LogP contribution in [0.4, 0.5) is 0 Å². The van der Waals surface area contributed by atoms with Gasteiger partial charge in [0.1, 0.15) is 0 Å². The maximum atomic E-state index is 6.80. The number of aryl methyl sites for hydroxylation is 3. The molecule has 1 aromatic carbocycles. The summed E-state index contributed by atoms with van der Waals surface area (Å²) in [4.78, 5) is 0. The molecule has 100 valence electrons. The normalized spacial score (nSPS) is 26.1. The Bertz CT molecular complexity index is 391. The van der Waals surface area contributed by atoms with Gasteiger partial charge in [-0.3, -0.25) is 0 Å². The molecule has 1 aromatic rings. The molecule has 0 radical (unpaired) electrons. The Kier molecular flexibility index (Phi) is 4.37. The fourth-order valence-electron chi connectivity index (χ4n) is 3.44. The molecule has 1 heteroatoms. The van der Waals surface area contributed by atoms with Crippen LogP contribution in [0.15, 0.2) is 12.1 Å². The van der Waals surface area contributed by atoms with Crippen LogP contribution in [0.2, 0.25) is 0 Å². The fourth-order valence-corrected chi connectivity index (χ4v) is 4.04. The predicted molar refractivity (Wildman–Crippen MR) is 80.4 cm³/mol. The van der Waals surface area contributed by atoms with E-state index in [0.717, 1.165) is 5.92 Å². The molecule has 18 heavy (non-hydrogen) atoms. The van der Waals surface area contributed by atoms with Gasteiger partial charge in [0, 0.05) is 0 Å². The highest BCUT2D eigenvalue weighted by atomic mass is 35.5. The van der Waals surface area contributed by atoms with Crippen LogP contribution in [0.1, 0.15) is 60.2 Å². The molecule has 1 saturated carbocycles. The second-order valence-corrected chi connectivity index (χ2v) is 6.70. The molecular formula is C17H25Cl. The van der Waals surface area contributed by atoms with E-state index >= 15 is 0 Å². The number of hydrogen-bond acceptors (Lipinski definition) is 0. The molecule has 0 spiro atoms. The molecular weight excluding hydrogens is 240 g/mol. The standard InChI is InChI=1S/C17H25Cl/c1-11-5-7-15(8-6-11)17(18)16-13(3)9-12(2)10-14(16)4/h9-11,15,17H,5-8H2,1-4H3. The van der Waals surface area contributed by atoms with Gasteiger partial charge in [-0.25, -0.2) is 0 Å². The maximum absolute atomic E-state index is 6.80. The van der Waals surface area contributed by atoms with Crippen LogP contribution in [0, 0.1) is 32.6 Å². The van der Waals surface area contributed by atoms with Crippen LogP contribution >= 0.6 is 11.6 Å². The van der Waals surface area contributed by atoms with Crippen molar-refractivity contribution >= 4 is 11.6 Å². The average molecular weight is 265 g/mol. The summed E-state index contributed by atoms with van der Waals surface area (Å²) in [5.41, 5.74) is 5.47. The highest BCUT2D eigenvalue weighted by Gasteiger charge is 2.27. The maximum Gasteiger partial charge on any atom is 0.0618 e. The van der Waals surface area contributed by atoms with Gasteiger partial charge in [-0.05, 0) is 62.1 Å². The molecule has 0 bridgehead atoms. The second kappa shape index (κ2) is 5.65. The lowest BCUT2D eigenvalue weighted by Gasteiger charge is -2.31. The topological polar surface area (TPSA) is 0 Å². The van der Waals surface area contributed by atoms with Crippen LogP contribution in [0.3, 0.4) is 0 Å². The van der Waals surface area contributed by atoms with Gasteiger partial charge in [0.25, 0.3) is 0 Å². The van der Waals surface area contributed by atoms with E-state index in [4.69, 9.17) is 11.6 Å². The Morgan fingerprint density at radius 1 is 1.00 bits per heavy atom. The first-order valence-electron chi connectivity index (χ1n) is 7.21. The lowest BCUT2D eigenvalue weighted by molar-refractivity contribution is 0.283. The third-order valence-electron chi connectivity index (χ3n) is 4.49. The lowest BCUT2D eigenvalue weighted by Crippen LogP contribution is -2.17. The first-order valence-corrected chi connectivity index (χ1v) is 7.64. The van der Waals surface area contributed by atoms with Crippen molar-refractivity contribution in [3.05, 3.63) is 34.4 Å². The van der Waals surface area contributed by atoms with E-state index < -0.39 is 0 Å². The van der Waals surface area contributed by atoms with Crippen LogP contribution < -0.4 is 0 Å². The van der Waals surface area contributed by atoms with E-state index in [-0.39, 0.29) is 5.38 Å². The van der Waals surface area contributed by atoms with Gasteiger partial charge in [0.2, 0.25) is 0 Å². The van der Waals surface area contributed by atoms with Crippen molar-refractivity contribution in [1.29, 1.82) is 0 Å². The SMILES string of the molecule is Cc1cc(C)c(C(Cl)C2CCC(C)CC2)c(C)c1. The summed E-state index contributed by atoms with van der Waals surface area (Å²) in [5, 5.41) is 0.207. The summed E-state index contributed by atoms with van der Waals surface area (Å²) in [7, 11) is 0. The zero-order valence-corrected chi connectivity index (χ0v) is 12.8. The van der Waals surface area contributed by atoms with Crippen LogP contribution in [-0.2, 0) is 0 Å². The first-order chi connectivity index (χ1) is 8.49. The second-order valence-electron chi connectivity index (χ2n) is 6.23. The van der Waals surface area contributed by atoms with E-state index in [2.05, 4.69) is 39.8 Å². The quantitative estimate of drug-likeness (QED) is 0.600. The molecule has 0 saturated heterocycles. The molecule has 1 fully saturated rings. The van der Waals surface area contributed by atoms with Gasteiger partial charge in [0.15, 0.2) is 0 Å². The average Bonchev–Trinajstić information content (AvgIpc) is 2.28. The molecule has 0 aliphatic heterocycles. The Hall–Kier alpha value is -0.490. The summed E-state index contributed by atoms with van der Waals surface area (Å²) < 4.78 is 0. The van der Waals surface area contributed by atoms with Crippen molar-refractivity contribution < 1.29 is 0 Å². The monoisotopic (exact) mass is 264 g/mol. The van der Waals surface area contributed by atoms with Crippen molar-refractivity contribution in [1.82, 2.24) is 0 Å². The summed E-state index contributed by atoms with van der Waals surface area (Å²) in [6.07, 6.45) is 5.28. The van der Waals surface area contributed by atoms with Crippen LogP contribution in [-0.4, -0.2) is 0 Å². The molecule has 1 unspecified atom stereocenters. The van der Waals surface area contributed by atoms with Crippen molar-refractivity contribution in [2.75, 3.05) is 0 Å². The largest absolute Gasteiger partial charge is 0.118 e. The van der Waals surface area contributed by atoms with Gasteiger partial charge in [-0.1, -0.05) is 37.5 Å². The molecule has 1 aliphatic carbocycles. The number of halogens is 1. The molecule has 1 aliphatic rings. The predicted octanol–water partition coefficient (Wildman–Crippen LogP) is 5.72. The van der Waals surface area contributed by atoms with E-state index in [1.165, 1.54) is 47.9 Å². The Labute approximate surface area is 117 Å². The summed E-state index contributed by atoms with van der Waals surface area (Å²) in [6.45, 7) is 8.93. The minimum Gasteiger partial charge on any atom is -0.118 e. The smallest absolute Gasteiger partial charge is 0.0618 e. The Morgan fingerprint density at radius 2 is 1.50 bits per heavy atom. The number of hydrogen-bond donors (Lipinski definition) is 0. The van der Waals surface area contributed by atoms with Gasteiger partial charge >= 0.3 is 0 Å². The van der Waals surface area contributed by atoms with Gasteiger partial charge < -0.3 is 0 Å². The number of benzene rings is 1.